The summed E-state index contributed by atoms with van der Waals surface area (Å²) >= 11 is 0. The number of rotatable bonds is 11. The Labute approximate surface area is 443 Å². The van der Waals surface area contributed by atoms with Gasteiger partial charge in [0.15, 0.2) is 11.5 Å². The highest BCUT2D eigenvalue weighted by molar-refractivity contribution is 5.88. The number of nitrogens with one attached hydrogen (secondary N) is 4. The maximum absolute atomic E-state index is 14.8. The summed E-state index contributed by atoms with van der Waals surface area (Å²) in [6.45, 7) is 21.6. The average Bonchev–Trinajstić information content (AvgIpc) is 4.21. The molecular weight excluding hydrogens is 971 g/mol. The summed E-state index contributed by atoms with van der Waals surface area (Å²) in [7, 11) is 0. The molecule has 404 valence electrons. The maximum Gasteiger partial charge on any atom is 0.410 e. The first-order valence-electron chi connectivity index (χ1n) is 26.2. The van der Waals surface area contributed by atoms with E-state index in [1.165, 1.54) is 0 Å². The molecule has 19 heteroatoms. The predicted molar refractivity (Wildman–Crippen MR) is 282 cm³/mol. The minimum atomic E-state index is -0.980. The van der Waals surface area contributed by atoms with E-state index in [-0.39, 0.29) is 43.5 Å². The molecule has 0 radical (unpaired) electrons. The van der Waals surface area contributed by atoms with Crippen LogP contribution in [0.3, 0.4) is 0 Å². The minimum Gasteiger partial charge on any atom is -0.454 e. The molecule has 0 aliphatic carbocycles. The molecule has 4 aliphatic heterocycles. The molecule has 5 atom stereocenters. The molecule has 0 bridgehead atoms. The zero-order valence-electron chi connectivity index (χ0n) is 45.4. The normalized spacial score (nSPS) is 19.1. The van der Waals surface area contributed by atoms with Gasteiger partial charge in [-0.2, -0.15) is 0 Å². The number of H-pyrrole nitrogens is 2. The Hall–Kier alpha value is -7.57. The SMILES string of the molecule is CC(C)[C@H](NC(=O)OC(C)(C)C)C(=O)N1CCCC1c1ncc(-c2ccc(-c3ccc(-c4cnc(C5C[C@@H](OC(=O)N6Cc7cc8c(cc7C6)OCO8)CN5C(=O)[C@@H](NC(=O)OC(C)(C)C)C(C)(C)C)[nH]4)cc3)cc2)[nH]1. The lowest BCUT2D eigenvalue weighted by molar-refractivity contribution is -0.137. The zero-order valence-corrected chi connectivity index (χ0v) is 45.4. The summed E-state index contributed by atoms with van der Waals surface area (Å²) in [6, 6.07) is 17.5. The quantitative estimate of drug-likeness (QED) is 0.0908. The third-order valence-electron chi connectivity index (χ3n) is 14.0. The second kappa shape index (κ2) is 20.9. The Bertz CT molecular complexity index is 2930. The summed E-state index contributed by atoms with van der Waals surface area (Å²) in [4.78, 5) is 89.8. The fourth-order valence-corrected chi connectivity index (χ4v) is 10.2. The molecule has 4 aliphatic rings. The van der Waals surface area contributed by atoms with Gasteiger partial charge >= 0.3 is 18.3 Å². The Balaban J connectivity index is 0.880. The number of carbonyl (C=O) groups excluding carboxylic acids is 5. The number of imidazole rings is 2. The van der Waals surface area contributed by atoms with Crippen LogP contribution in [-0.4, -0.2) is 114 Å². The summed E-state index contributed by atoms with van der Waals surface area (Å²) in [6.07, 6.45) is 2.85. The highest BCUT2D eigenvalue weighted by atomic mass is 16.7. The fourth-order valence-electron chi connectivity index (χ4n) is 10.2. The van der Waals surface area contributed by atoms with Gasteiger partial charge in [0.05, 0.1) is 42.4 Å². The van der Waals surface area contributed by atoms with Gasteiger partial charge in [-0.15, -0.1) is 0 Å². The Kier molecular flexibility index (Phi) is 14.6. The van der Waals surface area contributed by atoms with E-state index in [0.29, 0.717) is 42.8 Å². The number of amides is 5. The number of nitrogens with zero attached hydrogens (tertiary/aromatic N) is 5. The van der Waals surface area contributed by atoms with Crippen molar-refractivity contribution in [2.75, 3.05) is 19.9 Å². The molecule has 2 aromatic heterocycles. The molecule has 5 aromatic rings. The largest absolute Gasteiger partial charge is 0.454 e. The van der Waals surface area contributed by atoms with E-state index >= 15 is 0 Å². The van der Waals surface area contributed by atoms with Crippen molar-refractivity contribution in [2.24, 2.45) is 11.3 Å². The third-order valence-corrected chi connectivity index (χ3v) is 14.0. The van der Waals surface area contributed by atoms with Crippen LogP contribution in [0.15, 0.2) is 73.1 Å². The zero-order chi connectivity index (χ0) is 54.4. The topological polar surface area (TPSA) is 223 Å². The first kappa shape index (κ1) is 53.3. The minimum absolute atomic E-state index is 0.0786. The van der Waals surface area contributed by atoms with Gasteiger partial charge in [0, 0.05) is 26.1 Å². The molecule has 5 amide bonds. The van der Waals surface area contributed by atoms with Gasteiger partial charge in [0.1, 0.15) is 41.0 Å². The van der Waals surface area contributed by atoms with Crippen molar-refractivity contribution < 1.29 is 47.7 Å². The number of hydrogen-bond acceptors (Lipinski definition) is 12. The van der Waals surface area contributed by atoms with Crippen LogP contribution in [0.4, 0.5) is 14.4 Å². The molecule has 76 heavy (non-hydrogen) atoms. The van der Waals surface area contributed by atoms with Gasteiger partial charge < -0.3 is 54.1 Å². The van der Waals surface area contributed by atoms with E-state index in [1.54, 1.807) is 63.7 Å². The number of ether oxygens (including phenoxy) is 5. The second-order valence-corrected chi connectivity index (χ2v) is 23.6. The van der Waals surface area contributed by atoms with Crippen molar-refractivity contribution in [3.05, 3.63) is 95.8 Å². The number of carbonyl (C=O) groups is 5. The van der Waals surface area contributed by atoms with E-state index in [0.717, 1.165) is 57.6 Å². The van der Waals surface area contributed by atoms with Gasteiger partial charge in [0.25, 0.3) is 0 Å². The Morgan fingerprint density at radius 3 is 1.67 bits per heavy atom. The van der Waals surface area contributed by atoms with Gasteiger partial charge in [-0.1, -0.05) is 83.1 Å². The smallest absolute Gasteiger partial charge is 0.410 e. The molecule has 2 fully saturated rings. The van der Waals surface area contributed by atoms with Crippen LogP contribution in [0.25, 0.3) is 33.6 Å². The molecule has 4 N–H and O–H groups in total. The predicted octanol–water partition coefficient (Wildman–Crippen LogP) is 9.81. The number of hydrogen-bond donors (Lipinski definition) is 4. The molecule has 19 nitrogen and oxygen atoms in total. The second-order valence-electron chi connectivity index (χ2n) is 23.6. The third kappa shape index (κ3) is 11.9. The molecule has 3 aromatic carbocycles. The van der Waals surface area contributed by atoms with E-state index in [1.807, 2.05) is 88.0 Å². The Morgan fingerprint density at radius 2 is 1.17 bits per heavy atom. The molecule has 2 saturated heterocycles. The molecular formula is C57H71N9O10. The number of alkyl carbamates (subject to hydrolysis) is 2. The number of aromatic nitrogens is 4. The maximum atomic E-state index is 14.8. The first-order valence-corrected chi connectivity index (χ1v) is 26.2. The summed E-state index contributed by atoms with van der Waals surface area (Å²) in [5.41, 5.74) is 5.08. The standard InChI is InChI=1S/C57H71N9O10/c1-32(2)46(62-52(69)75-56(6,7)8)50(67)65-22-12-13-42(65)48-58-26-40(60-48)35-18-14-33(15-19-35)34-16-20-36(21-17-34)41-27-59-49(61-41)43-25-39(30-66(43)51(68)47(55(3,4)5)63-53(70)76-57(9,10)11)74-54(71)64-28-37-23-44-45(73-31-72-44)24-38(37)29-64/h14-21,23-24,26-27,32,39,42-43,46-47H,12-13,22,25,28-31H2,1-11H3,(H,58,60)(H,59,61)(H,62,69)(H,63,70)/t39-,42?,43?,46+,47-/m1/s1. The van der Waals surface area contributed by atoms with E-state index in [9.17, 15) is 24.0 Å². The van der Waals surface area contributed by atoms with Crippen LogP contribution in [0.5, 0.6) is 11.5 Å². The highest BCUT2D eigenvalue weighted by Gasteiger charge is 2.46. The van der Waals surface area contributed by atoms with E-state index < -0.39 is 59.1 Å². The summed E-state index contributed by atoms with van der Waals surface area (Å²) in [5.74, 6) is 1.84. The van der Waals surface area contributed by atoms with Crippen molar-refractivity contribution in [3.63, 3.8) is 0 Å². The first-order chi connectivity index (χ1) is 35.9. The number of likely N-dealkylation sites (tertiary alicyclic amines) is 2. The number of aromatic amines is 2. The van der Waals surface area contributed by atoms with Crippen molar-refractivity contribution in [1.29, 1.82) is 0 Å². The lowest BCUT2D eigenvalue weighted by Crippen LogP contribution is -2.55. The number of benzene rings is 3. The lowest BCUT2D eigenvalue weighted by atomic mass is 9.85. The molecule has 6 heterocycles. The van der Waals surface area contributed by atoms with Gasteiger partial charge in [-0.3, -0.25) is 14.5 Å². The molecule has 0 saturated carbocycles. The highest BCUT2D eigenvalue weighted by Crippen LogP contribution is 2.40. The van der Waals surface area contributed by atoms with Crippen molar-refractivity contribution in [3.8, 4) is 45.1 Å². The molecule has 0 spiro atoms. The van der Waals surface area contributed by atoms with Gasteiger partial charge in [-0.05, 0) is 111 Å². The van der Waals surface area contributed by atoms with E-state index in [2.05, 4.69) is 32.7 Å². The molecule has 9 rings (SSSR count). The lowest BCUT2D eigenvalue weighted by Gasteiger charge is -2.35. The fraction of sp³-hybridized carbons (Fsp3) is 0.491. The van der Waals surface area contributed by atoms with Crippen LogP contribution >= 0.6 is 0 Å². The average molecular weight is 1040 g/mol. The van der Waals surface area contributed by atoms with Crippen LogP contribution < -0.4 is 20.1 Å². The van der Waals surface area contributed by atoms with Crippen molar-refractivity contribution >= 4 is 30.1 Å². The van der Waals surface area contributed by atoms with Crippen molar-refractivity contribution in [1.82, 2.24) is 45.3 Å². The van der Waals surface area contributed by atoms with Gasteiger partial charge in [-0.25, -0.2) is 24.4 Å². The summed E-state index contributed by atoms with van der Waals surface area (Å²) < 4.78 is 28.3. The van der Waals surface area contributed by atoms with Crippen molar-refractivity contribution in [2.45, 2.75) is 150 Å². The van der Waals surface area contributed by atoms with E-state index in [4.69, 9.17) is 33.7 Å². The monoisotopic (exact) mass is 1040 g/mol. The van der Waals surface area contributed by atoms with Crippen LogP contribution in [0, 0.1) is 11.3 Å². The molecule has 2 unspecified atom stereocenters. The Morgan fingerprint density at radius 1 is 0.671 bits per heavy atom. The summed E-state index contributed by atoms with van der Waals surface area (Å²) in [5, 5.41) is 5.64. The van der Waals surface area contributed by atoms with Crippen LogP contribution in [0.1, 0.15) is 130 Å². The number of fused-ring (bicyclic) bond motifs is 2. The van der Waals surface area contributed by atoms with Crippen LogP contribution in [-0.2, 0) is 36.9 Å². The van der Waals surface area contributed by atoms with Crippen LogP contribution in [0.2, 0.25) is 0 Å². The van der Waals surface area contributed by atoms with Gasteiger partial charge in [0.2, 0.25) is 18.6 Å².